The average molecular weight is 331 g/mol. The van der Waals surface area contributed by atoms with Crippen LogP contribution in [0.4, 0.5) is 16.2 Å². The van der Waals surface area contributed by atoms with Crippen molar-refractivity contribution in [3.05, 3.63) is 90.8 Å². The van der Waals surface area contributed by atoms with E-state index in [1.54, 1.807) is 16.0 Å². The van der Waals surface area contributed by atoms with Gasteiger partial charge in [-0.1, -0.05) is 42.5 Å². The van der Waals surface area contributed by atoms with E-state index in [4.69, 9.17) is 0 Å². The molecule has 2 amide bonds. The number of hydrogen-bond donors (Lipinski definition) is 0. The van der Waals surface area contributed by atoms with Crippen LogP contribution < -0.4 is 4.90 Å². The minimum Gasteiger partial charge on any atom is -0.327 e. The molecule has 0 aliphatic rings. The molecule has 126 valence electrons. The minimum absolute atomic E-state index is 0.0617. The first kappa shape index (κ1) is 16.7. The van der Waals surface area contributed by atoms with E-state index in [0.717, 1.165) is 23.5 Å². The van der Waals surface area contributed by atoms with Gasteiger partial charge in [-0.3, -0.25) is 9.88 Å². The first-order valence-electron chi connectivity index (χ1n) is 8.31. The number of pyridine rings is 1. The molecule has 2 aromatic carbocycles. The van der Waals surface area contributed by atoms with Gasteiger partial charge in [0.2, 0.25) is 0 Å². The van der Waals surface area contributed by atoms with Gasteiger partial charge in [0, 0.05) is 31.9 Å². The van der Waals surface area contributed by atoms with Crippen LogP contribution in [0.3, 0.4) is 0 Å². The van der Waals surface area contributed by atoms with Crippen molar-refractivity contribution in [1.29, 1.82) is 0 Å². The van der Waals surface area contributed by atoms with E-state index in [-0.39, 0.29) is 6.03 Å². The lowest BCUT2D eigenvalue weighted by Gasteiger charge is -2.28. The first-order chi connectivity index (χ1) is 12.3. The summed E-state index contributed by atoms with van der Waals surface area (Å²) in [5.41, 5.74) is 2.68. The fraction of sp³-hybridized carbons (Fsp3) is 0.143. The molecule has 4 nitrogen and oxygen atoms in total. The number of anilines is 2. The topological polar surface area (TPSA) is 36.4 Å². The lowest BCUT2D eigenvalue weighted by molar-refractivity contribution is 0.218. The molecule has 0 aliphatic heterocycles. The Morgan fingerprint density at radius 2 is 1.40 bits per heavy atom. The maximum absolute atomic E-state index is 13.1. The van der Waals surface area contributed by atoms with Gasteiger partial charge < -0.3 is 4.90 Å². The minimum atomic E-state index is -0.0617. The monoisotopic (exact) mass is 331 g/mol. The summed E-state index contributed by atoms with van der Waals surface area (Å²) in [5, 5.41) is 0. The van der Waals surface area contributed by atoms with Gasteiger partial charge in [0.05, 0.1) is 11.4 Å². The second-order valence-corrected chi connectivity index (χ2v) is 5.78. The van der Waals surface area contributed by atoms with E-state index >= 15 is 0 Å². The van der Waals surface area contributed by atoms with E-state index < -0.39 is 0 Å². The van der Waals surface area contributed by atoms with Crippen LogP contribution in [0, 0.1) is 0 Å². The number of urea groups is 1. The summed E-state index contributed by atoms with van der Waals surface area (Å²) in [6, 6.07) is 25.2. The summed E-state index contributed by atoms with van der Waals surface area (Å²) in [6.07, 6.45) is 2.50. The Hall–Kier alpha value is -3.14. The normalized spacial score (nSPS) is 10.3. The second kappa shape index (κ2) is 8.11. The maximum Gasteiger partial charge on any atom is 0.328 e. The molecule has 1 aromatic heterocycles. The van der Waals surface area contributed by atoms with E-state index in [0.29, 0.717) is 6.54 Å². The van der Waals surface area contributed by atoms with Crippen molar-refractivity contribution in [3.63, 3.8) is 0 Å². The third-order valence-electron chi connectivity index (χ3n) is 3.98. The van der Waals surface area contributed by atoms with Crippen LogP contribution in [0.1, 0.15) is 5.69 Å². The zero-order chi connectivity index (χ0) is 17.5. The van der Waals surface area contributed by atoms with Crippen LogP contribution in [0.15, 0.2) is 85.1 Å². The van der Waals surface area contributed by atoms with Gasteiger partial charge in [0.1, 0.15) is 0 Å². The molecule has 0 fully saturated rings. The summed E-state index contributed by atoms with van der Waals surface area (Å²) in [6.45, 7) is 0.603. The van der Waals surface area contributed by atoms with Crippen molar-refractivity contribution >= 4 is 17.4 Å². The summed E-state index contributed by atoms with van der Waals surface area (Å²) in [4.78, 5) is 20.9. The molecule has 0 atom stereocenters. The predicted molar refractivity (Wildman–Crippen MR) is 101 cm³/mol. The number of benzene rings is 2. The van der Waals surface area contributed by atoms with Gasteiger partial charge in [0.25, 0.3) is 0 Å². The predicted octanol–water partition coefficient (Wildman–Crippen LogP) is 4.51. The Labute approximate surface area is 148 Å². The molecular weight excluding hydrogens is 310 g/mol. The maximum atomic E-state index is 13.1. The Morgan fingerprint density at radius 3 is 1.92 bits per heavy atom. The van der Waals surface area contributed by atoms with Crippen molar-refractivity contribution in [3.8, 4) is 0 Å². The second-order valence-electron chi connectivity index (χ2n) is 5.78. The number of para-hydroxylation sites is 2. The summed E-state index contributed by atoms with van der Waals surface area (Å²) >= 11 is 0. The molecule has 4 heteroatoms. The number of amides is 2. The third-order valence-corrected chi connectivity index (χ3v) is 3.98. The third kappa shape index (κ3) is 4.23. The highest BCUT2D eigenvalue weighted by Gasteiger charge is 2.21. The highest BCUT2D eigenvalue weighted by molar-refractivity contribution is 5.99. The molecular formula is C21H21N3O. The number of aromatic nitrogens is 1. The number of rotatable bonds is 5. The summed E-state index contributed by atoms with van der Waals surface area (Å²) < 4.78 is 0. The first-order valence-corrected chi connectivity index (χ1v) is 8.31. The molecule has 1 heterocycles. The number of carbonyl (C=O) groups excluding carboxylic acids is 1. The van der Waals surface area contributed by atoms with Crippen LogP contribution in [-0.4, -0.2) is 29.5 Å². The zero-order valence-corrected chi connectivity index (χ0v) is 14.2. The van der Waals surface area contributed by atoms with Crippen LogP contribution >= 0.6 is 0 Å². The highest BCUT2D eigenvalue weighted by atomic mass is 16.2. The Kier molecular flexibility index (Phi) is 5.42. The Bertz CT molecular complexity index is 752. The van der Waals surface area contributed by atoms with Crippen molar-refractivity contribution in [2.75, 3.05) is 18.5 Å². The smallest absolute Gasteiger partial charge is 0.327 e. The van der Waals surface area contributed by atoms with E-state index in [1.807, 2.05) is 85.9 Å². The Balaban J connectivity index is 1.79. The van der Waals surface area contributed by atoms with Gasteiger partial charge in [-0.05, 0) is 36.4 Å². The number of nitrogens with zero attached hydrogens (tertiary/aromatic N) is 3. The van der Waals surface area contributed by atoms with Gasteiger partial charge >= 0.3 is 6.03 Å². The Morgan fingerprint density at radius 1 is 0.840 bits per heavy atom. The zero-order valence-electron chi connectivity index (χ0n) is 14.2. The number of hydrogen-bond acceptors (Lipinski definition) is 2. The standard InChI is InChI=1S/C21H21N3O/c1-23(17-15-18-10-8-9-16-22-18)21(25)24(19-11-4-2-5-12-19)20-13-6-3-7-14-20/h2-14,16H,15,17H2,1H3. The molecule has 3 rings (SSSR count). The van der Waals surface area contributed by atoms with Crippen molar-refractivity contribution in [1.82, 2.24) is 9.88 Å². The van der Waals surface area contributed by atoms with Crippen molar-refractivity contribution in [2.24, 2.45) is 0 Å². The molecule has 0 aliphatic carbocycles. The van der Waals surface area contributed by atoms with Gasteiger partial charge in [-0.2, -0.15) is 0 Å². The molecule has 0 unspecified atom stereocenters. The SMILES string of the molecule is CN(CCc1ccccn1)C(=O)N(c1ccccc1)c1ccccc1. The van der Waals surface area contributed by atoms with Crippen LogP contribution in [0.25, 0.3) is 0 Å². The highest BCUT2D eigenvalue weighted by Crippen LogP contribution is 2.26. The van der Waals surface area contributed by atoms with E-state index in [2.05, 4.69) is 4.98 Å². The molecule has 0 saturated heterocycles. The molecule has 0 saturated carbocycles. The summed E-state index contributed by atoms with van der Waals surface area (Å²) in [5.74, 6) is 0. The van der Waals surface area contributed by atoms with Gasteiger partial charge in [-0.15, -0.1) is 0 Å². The van der Waals surface area contributed by atoms with Gasteiger partial charge in [-0.25, -0.2) is 4.79 Å². The lowest BCUT2D eigenvalue weighted by Crippen LogP contribution is -2.39. The van der Waals surface area contributed by atoms with Gasteiger partial charge in [0.15, 0.2) is 0 Å². The molecule has 3 aromatic rings. The molecule has 0 radical (unpaired) electrons. The quantitative estimate of drug-likeness (QED) is 0.689. The number of carbonyl (C=O) groups is 1. The fourth-order valence-corrected chi connectivity index (χ4v) is 2.62. The molecule has 0 N–H and O–H groups in total. The fourth-order valence-electron chi connectivity index (χ4n) is 2.62. The van der Waals surface area contributed by atoms with Crippen LogP contribution in [0.2, 0.25) is 0 Å². The lowest BCUT2D eigenvalue weighted by atomic mass is 10.2. The molecule has 0 spiro atoms. The number of likely N-dealkylation sites (N-methyl/N-ethyl adjacent to an activating group) is 1. The van der Waals surface area contributed by atoms with Crippen LogP contribution in [-0.2, 0) is 6.42 Å². The molecule has 25 heavy (non-hydrogen) atoms. The largest absolute Gasteiger partial charge is 0.328 e. The van der Waals surface area contributed by atoms with Crippen molar-refractivity contribution in [2.45, 2.75) is 6.42 Å². The van der Waals surface area contributed by atoms with Crippen LogP contribution in [0.5, 0.6) is 0 Å². The average Bonchev–Trinajstić information content (AvgIpc) is 2.69. The summed E-state index contributed by atoms with van der Waals surface area (Å²) in [7, 11) is 1.82. The van der Waals surface area contributed by atoms with Crippen molar-refractivity contribution < 1.29 is 4.79 Å². The molecule has 0 bridgehead atoms. The van der Waals surface area contributed by atoms with E-state index in [9.17, 15) is 4.79 Å². The van der Waals surface area contributed by atoms with E-state index in [1.165, 1.54) is 0 Å².